The van der Waals surface area contributed by atoms with Gasteiger partial charge in [-0.15, -0.1) is 0 Å². The number of hydrogen-bond donors (Lipinski definition) is 0. The van der Waals surface area contributed by atoms with Gasteiger partial charge in [-0.05, 0) is 82.3 Å². The van der Waals surface area contributed by atoms with E-state index in [2.05, 4.69) is 20.8 Å². The van der Waals surface area contributed by atoms with Crippen LogP contribution in [0.15, 0.2) is 36.4 Å². The highest BCUT2D eigenvalue weighted by atomic mass is 19.1. The van der Waals surface area contributed by atoms with Crippen molar-refractivity contribution in [2.45, 2.75) is 46.1 Å². The fourth-order valence-electron chi connectivity index (χ4n) is 5.09. The van der Waals surface area contributed by atoms with Crippen molar-refractivity contribution >= 4 is 23.6 Å². The Hall–Kier alpha value is -2.93. The molecule has 2 heterocycles. The highest BCUT2D eigenvalue weighted by molar-refractivity contribution is 5.90. The number of aldehydes is 1. The first-order valence-corrected chi connectivity index (χ1v) is 12.9. The van der Waals surface area contributed by atoms with Gasteiger partial charge in [-0.25, -0.2) is 9.18 Å². The maximum Gasteiger partial charge on any atom is 0.338 e. The molecule has 2 aromatic carbocycles. The van der Waals surface area contributed by atoms with Crippen LogP contribution < -0.4 is 9.80 Å². The van der Waals surface area contributed by atoms with Gasteiger partial charge < -0.3 is 14.5 Å². The smallest absolute Gasteiger partial charge is 0.338 e. The lowest BCUT2D eigenvalue weighted by Gasteiger charge is -2.40. The van der Waals surface area contributed by atoms with Crippen LogP contribution in [0.5, 0.6) is 0 Å². The van der Waals surface area contributed by atoms with E-state index >= 15 is 0 Å². The first kappa shape index (κ1) is 26.1. The Morgan fingerprint density at radius 1 is 1.00 bits per heavy atom. The topological polar surface area (TPSA) is 53.1 Å². The Bertz CT molecular complexity index is 1080. The molecule has 4 rings (SSSR count). The predicted molar refractivity (Wildman–Crippen MR) is 142 cm³/mol. The molecule has 0 unspecified atom stereocenters. The molecule has 0 amide bonds. The van der Waals surface area contributed by atoms with E-state index in [-0.39, 0.29) is 11.4 Å². The lowest BCUT2D eigenvalue weighted by atomic mass is 9.95. The first-order valence-electron chi connectivity index (χ1n) is 12.9. The highest BCUT2D eigenvalue weighted by Crippen LogP contribution is 2.28. The quantitative estimate of drug-likeness (QED) is 0.418. The van der Waals surface area contributed by atoms with E-state index in [9.17, 15) is 14.0 Å². The van der Waals surface area contributed by atoms with E-state index in [1.165, 1.54) is 6.07 Å². The van der Waals surface area contributed by atoms with Gasteiger partial charge >= 0.3 is 5.97 Å². The zero-order valence-corrected chi connectivity index (χ0v) is 21.9. The van der Waals surface area contributed by atoms with Crippen LogP contribution in [0, 0.1) is 18.7 Å². The molecule has 2 aromatic rings. The molecule has 2 saturated heterocycles. The fourth-order valence-corrected chi connectivity index (χ4v) is 5.09. The van der Waals surface area contributed by atoms with Gasteiger partial charge in [-0.3, -0.25) is 9.69 Å². The maximum atomic E-state index is 14.9. The number of ether oxygens (including phenoxy) is 1. The average Bonchev–Trinajstić information content (AvgIpc) is 2.84. The van der Waals surface area contributed by atoms with Gasteiger partial charge in [0.25, 0.3) is 0 Å². The second kappa shape index (κ2) is 11.0. The van der Waals surface area contributed by atoms with E-state index in [1.54, 1.807) is 32.9 Å². The molecule has 2 aliphatic rings. The van der Waals surface area contributed by atoms with Gasteiger partial charge in [0, 0.05) is 57.1 Å². The third kappa shape index (κ3) is 6.44. The zero-order chi connectivity index (χ0) is 25.9. The standard InChI is InChI=1S/C29H38FN3O3/c1-21-5-7-25(17-24(21)20-34)32-15-13-31(14-16-32)19-22-9-11-33(12-10-22)27-8-6-23(18-26(27)30)28(35)36-29(2,3)4/h5-8,17-18,20,22H,9-16,19H2,1-4H3. The second-order valence-corrected chi connectivity index (χ2v) is 11.0. The third-order valence-corrected chi connectivity index (χ3v) is 7.18. The number of nitrogens with zero attached hydrogens (tertiary/aromatic N) is 3. The molecule has 0 saturated carbocycles. The summed E-state index contributed by atoms with van der Waals surface area (Å²) in [6.45, 7) is 14.0. The van der Waals surface area contributed by atoms with Crippen molar-refractivity contribution in [2.75, 3.05) is 55.6 Å². The number of piperidine rings is 1. The highest BCUT2D eigenvalue weighted by Gasteiger charge is 2.26. The number of carbonyl (C=O) groups is 2. The molecule has 36 heavy (non-hydrogen) atoms. The summed E-state index contributed by atoms with van der Waals surface area (Å²) < 4.78 is 20.2. The minimum absolute atomic E-state index is 0.244. The zero-order valence-electron chi connectivity index (χ0n) is 21.9. The average molecular weight is 496 g/mol. The lowest BCUT2D eigenvalue weighted by Crippen LogP contribution is -2.49. The second-order valence-electron chi connectivity index (χ2n) is 11.0. The predicted octanol–water partition coefficient (Wildman–Crippen LogP) is 4.94. The Kier molecular flexibility index (Phi) is 7.98. The SMILES string of the molecule is Cc1ccc(N2CCN(CC3CCN(c4ccc(C(=O)OC(C)(C)C)cc4F)CC3)CC2)cc1C=O. The minimum Gasteiger partial charge on any atom is -0.456 e. The summed E-state index contributed by atoms with van der Waals surface area (Å²) in [6.07, 6.45) is 2.98. The summed E-state index contributed by atoms with van der Waals surface area (Å²) in [5.41, 5.74) is 3.09. The normalized spacial score (nSPS) is 17.8. The van der Waals surface area contributed by atoms with Crippen molar-refractivity contribution in [3.63, 3.8) is 0 Å². The van der Waals surface area contributed by atoms with Crippen LogP contribution in [0.25, 0.3) is 0 Å². The monoisotopic (exact) mass is 495 g/mol. The largest absolute Gasteiger partial charge is 0.456 e. The number of aryl methyl sites for hydroxylation is 1. The summed E-state index contributed by atoms with van der Waals surface area (Å²) >= 11 is 0. The van der Waals surface area contributed by atoms with Gasteiger partial charge in [0.15, 0.2) is 0 Å². The summed E-state index contributed by atoms with van der Waals surface area (Å²) in [7, 11) is 0. The van der Waals surface area contributed by atoms with Gasteiger partial charge in [0.2, 0.25) is 0 Å². The summed E-state index contributed by atoms with van der Waals surface area (Å²) in [5, 5.41) is 0. The fraction of sp³-hybridized carbons (Fsp3) is 0.517. The van der Waals surface area contributed by atoms with E-state index in [1.807, 2.05) is 19.1 Å². The minimum atomic E-state index is -0.610. The number of rotatable bonds is 6. The van der Waals surface area contributed by atoms with Crippen LogP contribution in [0.2, 0.25) is 0 Å². The van der Waals surface area contributed by atoms with Crippen molar-refractivity contribution in [2.24, 2.45) is 5.92 Å². The molecule has 2 aliphatic heterocycles. The van der Waals surface area contributed by atoms with Crippen LogP contribution in [0.3, 0.4) is 0 Å². The molecule has 6 nitrogen and oxygen atoms in total. The molecular weight excluding hydrogens is 457 g/mol. The van der Waals surface area contributed by atoms with Crippen LogP contribution in [0.1, 0.15) is 59.9 Å². The van der Waals surface area contributed by atoms with Crippen molar-refractivity contribution < 1.29 is 18.7 Å². The number of carbonyl (C=O) groups excluding carboxylic acids is 2. The first-order chi connectivity index (χ1) is 17.1. The van der Waals surface area contributed by atoms with Crippen LogP contribution in [0.4, 0.5) is 15.8 Å². The number of piperazine rings is 1. The molecule has 0 radical (unpaired) electrons. The van der Waals surface area contributed by atoms with Gasteiger partial charge in [0.05, 0.1) is 11.3 Å². The van der Waals surface area contributed by atoms with Gasteiger partial charge in [0.1, 0.15) is 17.7 Å². The Labute approximate surface area is 214 Å². The molecule has 0 aromatic heterocycles. The molecule has 0 N–H and O–H groups in total. The van der Waals surface area contributed by atoms with E-state index in [0.29, 0.717) is 11.6 Å². The molecule has 7 heteroatoms. The Morgan fingerprint density at radius 2 is 1.69 bits per heavy atom. The van der Waals surface area contributed by atoms with E-state index in [4.69, 9.17) is 4.74 Å². The molecule has 194 valence electrons. The number of halogens is 1. The van der Waals surface area contributed by atoms with Crippen LogP contribution in [-0.4, -0.2) is 68.6 Å². The summed E-state index contributed by atoms with van der Waals surface area (Å²) in [6, 6.07) is 10.8. The van der Waals surface area contributed by atoms with Crippen molar-refractivity contribution in [1.82, 2.24) is 4.90 Å². The van der Waals surface area contributed by atoms with E-state index in [0.717, 1.165) is 81.8 Å². The van der Waals surface area contributed by atoms with Gasteiger partial charge in [-0.1, -0.05) is 6.07 Å². The van der Waals surface area contributed by atoms with Gasteiger partial charge in [-0.2, -0.15) is 0 Å². The summed E-state index contributed by atoms with van der Waals surface area (Å²) in [4.78, 5) is 30.5. The number of benzene rings is 2. The molecular formula is C29H38FN3O3. The number of anilines is 2. The lowest BCUT2D eigenvalue weighted by molar-refractivity contribution is 0.00689. The molecule has 0 aliphatic carbocycles. The molecule has 0 bridgehead atoms. The third-order valence-electron chi connectivity index (χ3n) is 7.18. The molecule has 0 spiro atoms. The van der Waals surface area contributed by atoms with Crippen molar-refractivity contribution in [1.29, 1.82) is 0 Å². The van der Waals surface area contributed by atoms with Crippen LogP contribution >= 0.6 is 0 Å². The van der Waals surface area contributed by atoms with Crippen LogP contribution in [-0.2, 0) is 4.74 Å². The number of esters is 1. The summed E-state index contributed by atoms with van der Waals surface area (Å²) in [5.74, 6) is -0.280. The van der Waals surface area contributed by atoms with E-state index < -0.39 is 11.6 Å². The molecule has 2 fully saturated rings. The Balaban J connectivity index is 1.25. The number of hydrogen-bond acceptors (Lipinski definition) is 6. The maximum absolute atomic E-state index is 14.9. The molecule has 0 atom stereocenters. The van der Waals surface area contributed by atoms with Crippen molar-refractivity contribution in [3.8, 4) is 0 Å². The Morgan fingerprint density at radius 3 is 2.31 bits per heavy atom. The van der Waals surface area contributed by atoms with Crippen molar-refractivity contribution in [3.05, 3.63) is 58.9 Å².